The lowest BCUT2D eigenvalue weighted by Gasteiger charge is -2.10. The van der Waals surface area contributed by atoms with Gasteiger partial charge in [0.05, 0.1) is 12.1 Å². The number of thiazole rings is 1. The molecule has 0 saturated heterocycles. The van der Waals surface area contributed by atoms with Crippen molar-refractivity contribution in [1.29, 1.82) is 0 Å². The monoisotopic (exact) mass is 320 g/mol. The summed E-state index contributed by atoms with van der Waals surface area (Å²) >= 11 is 7.44. The number of nitrogens with zero attached hydrogens (tertiary/aromatic N) is 1. The number of halogens is 1. The van der Waals surface area contributed by atoms with E-state index in [0.29, 0.717) is 17.5 Å². The van der Waals surface area contributed by atoms with Crippen molar-refractivity contribution in [3.8, 4) is 10.6 Å². The normalized spacial score (nSPS) is 15.3. The van der Waals surface area contributed by atoms with Crippen LogP contribution in [-0.4, -0.2) is 16.9 Å². The van der Waals surface area contributed by atoms with Gasteiger partial charge in [-0.25, -0.2) is 4.98 Å². The van der Waals surface area contributed by atoms with Gasteiger partial charge in [-0.15, -0.1) is 11.3 Å². The maximum Gasteiger partial charge on any atom is 0.226 e. The number of hydrogen-bond donors (Lipinski definition) is 1. The largest absolute Gasteiger partial charge is 0.353 e. The van der Waals surface area contributed by atoms with Crippen molar-refractivity contribution in [3.63, 3.8) is 0 Å². The average molecular weight is 321 g/mol. The Balaban J connectivity index is 1.61. The Bertz CT molecular complexity index is 617. The fraction of sp³-hybridized carbons (Fsp3) is 0.375. The Hall–Kier alpha value is -1.39. The standard InChI is InChI=1S/C16H17ClN2OS/c17-12-7-5-11(6-8-12)16-19-14(10-21-16)9-15(20)18-13-3-1-2-4-13/h5-8,10,13H,1-4,9H2,(H,18,20). The minimum Gasteiger partial charge on any atom is -0.353 e. The van der Waals surface area contributed by atoms with Crippen LogP contribution < -0.4 is 5.32 Å². The van der Waals surface area contributed by atoms with E-state index in [1.807, 2.05) is 29.6 Å². The highest BCUT2D eigenvalue weighted by Gasteiger charge is 2.17. The quantitative estimate of drug-likeness (QED) is 0.922. The molecule has 1 heterocycles. The number of carbonyl (C=O) groups is 1. The summed E-state index contributed by atoms with van der Waals surface area (Å²) in [6.07, 6.45) is 5.03. The molecule has 0 aliphatic heterocycles. The Morgan fingerprint density at radius 2 is 2.00 bits per heavy atom. The molecule has 0 atom stereocenters. The van der Waals surface area contributed by atoms with Crippen molar-refractivity contribution in [2.75, 3.05) is 0 Å². The second kappa shape index (κ2) is 6.58. The first kappa shape index (κ1) is 14.5. The van der Waals surface area contributed by atoms with Gasteiger partial charge in [-0.1, -0.05) is 36.6 Å². The zero-order valence-corrected chi connectivity index (χ0v) is 13.2. The van der Waals surface area contributed by atoms with Gasteiger partial charge in [-0.3, -0.25) is 4.79 Å². The highest BCUT2D eigenvalue weighted by atomic mass is 35.5. The predicted octanol–water partition coefficient (Wildman–Crippen LogP) is 4.06. The van der Waals surface area contributed by atoms with Crippen LogP contribution in [0.5, 0.6) is 0 Å². The second-order valence-corrected chi connectivity index (χ2v) is 6.67. The molecule has 1 aliphatic carbocycles. The van der Waals surface area contributed by atoms with Gasteiger partial charge in [0, 0.05) is 22.0 Å². The summed E-state index contributed by atoms with van der Waals surface area (Å²) < 4.78 is 0. The highest BCUT2D eigenvalue weighted by Crippen LogP contribution is 2.25. The minimum absolute atomic E-state index is 0.0786. The molecular weight excluding hydrogens is 304 g/mol. The molecule has 21 heavy (non-hydrogen) atoms. The maximum absolute atomic E-state index is 12.0. The molecule has 1 aromatic carbocycles. The lowest BCUT2D eigenvalue weighted by atomic mass is 10.2. The van der Waals surface area contributed by atoms with Gasteiger partial charge in [0.25, 0.3) is 0 Å². The van der Waals surface area contributed by atoms with Gasteiger partial charge >= 0.3 is 0 Å². The van der Waals surface area contributed by atoms with Crippen molar-refractivity contribution in [3.05, 3.63) is 40.4 Å². The third-order valence-electron chi connectivity index (χ3n) is 3.70. The zero-order chi connectivity index (χ0) is 14.7. The van der Waals surface area contributed by atoms with E-state index in [0.717, 1.165) is 29.1 Å². The fourth-order valence-corrected chi connectivity index (χ4v) is 3.58. The molecule has 2 aromatic rings. The lowest BCUT2D eigenvalue weighted by Crippen LogP contribution is -2.33. The van der Waals surface area contributed by atoms with Crippen molar-refractivity contribution < 1.29 is 4.79 Å². The number of carbonyl (C=O) groups excluding carboxylic acids is 1. The molecule has 1 aromatic heterocycles. The molecule has 0 spiro atoms. The Morgan fingerprint density at radius 1 is 1.29 bits per heavy atom. The Labute approximate surface area is 133 Å². The fourth-order valence-electron chi connectivity index (χ4n) is 2.63. The van der Waals surface area contributed by atoms with E-state index in [9.17, 15) is 4.79 Å². The van der Waals surface area contributed by atoms with Crippen LogP contribution in [-0.2, 0) is 11.2 Å². The summed E-state index contributed by atoms with van der Waals surface area (Å²) in [5, 5.41) is 6.69. The van der Waals surface area contributed by atoms with E-state index < -0.39 is 0 Å². The number of benzene rings is 1. The number of nitrogens with one attached hydrogen (secondary N) is 1. The van der Waals surface area contributed by atoms with E-state index >= 15 is 0 Å². The molecule has 0 bridgehead atoms. The van der Waals surface area contributed by atoms with Crippen molar-refractivity contribution in [1.82, 2.24) is 10.3 Å². The summed E-state index contributed by atoms with van der Waals surface area (Å²) in [6.45, 7) is 0. The van der Waals surface area contributed by atoms with Crippen LogP contribution in [0.2, 0.25) is 5.02 Å². The number of aromatic nitrogens is 1. The first-order valence-electron chi connectivity index (χ1n) is 7.20. The molecule has 3 rings (SSSR count). The highest BCUT2D eigenvalue weighted by molar-refractivity contribution is 7.13. The molecule has 0 unspecified atom stereocenters. The van der Waals surface area contributed by atoms with Crippen LogP contribution in [0, 0.1) is 0 Å². The number of hydrogen-bond acceptors (Lipinski definition) is 3. The van der Waals surface area contributed by atoms with E-state index in [-0.39, 0.29) is 5.91 Å². The Morgan fingerprint density at radius 3 is 2.71 bits per heavy atom. The van der Waals surface area contributed by atoms with Gasteiger partial charge in [-0.05, 0) is 25.0 Å². The predicted molar refractivity (Wildman–Crippen MR) is 86.7 cm³/mol. The van der Waals surface area contributed by atoms with Crippen LogP contribution in [0.15, 0.2) is 29.6 Å². The van der Waals surface area contributed by atoms with Crippen LogP contribution >= 0.6 is 22.9 Å². The SMILES string of the molecule is O=C(Cc1csc(-c2ccc(Cl)cc2)n1)NC1CCCC1. The maximum atomic E-state index is 12.0. The van der Waals surface area contributed by atoms with Crippen molar-refractivity contribution in [2.24, 2.45) is 0 Å². The number of amides is 1. The molecule has 1 saturated carbocycles. The van der Waals surface area contributed by atoms with Crippen LogP contribution in [0.1, 0.15) is 31.4 Å². The molecule has 3 nitrogen and oxygen atoms in total. The zero-order valence-electron chi connectivity index (χ0n) is 11.6. The summed E-state index contributed by atoms with van der Waals surface area (Å²) in [5.41, 5.74) is 1.87. The molecule has 1 fully saturated rings. The Kier molecular flexibility index (Phi) is 4.56. The molecule has 0 radical (unpaired) electrons. The van der Waals surface area contributed by atoms with Crippen molar-refractivity contribution in [2.45, 2.75) is 38.1 Å². The van der Waals surface area contributed by atoms with E-state index in [2.05, 4.69) is 10.3 Å². The van der Waals surface area contributed by atoms with Gasteiger partial charge in [0.2, 0.25) is 5.91 Å². The summed E-state index contributed by atoms with van der Waals surface area (Å²) in [5.74, 6) is 0.0786. The van der Waals surface area contributed by atoms with Gasteiger partial charge in [0.1, 0.15) is 5.01 Å². The van der Waals surface area contributed by atoms with Gasteiger partial charge in [-0.2, -0.15) is 0 Å². The summed E-state index contributed by atoms with van der Waals surface area (Å²) in [6, 6.07) is 7.97. The summed E-state index contributed by atoms with van der Waals surface area (Å²) in [7, 11) is 0. The molecule has 5 heteroatoms. The molecule has 1 N–H and O–H groups in total. The molecule has 110 valence electrons. The van der Waals surface area contributed by atoms with Crippen LogP contribution in [0.3, 0.4) is 0 Å². The summed E-state index contributed by atoms with van der Waals surface area (Å²) in [4.78, 5) is 16.5. The average Bonchev–Trinajstić information content (AvgIpc) is 3.11. The molecule has 1 aliphatic rings. The molecular formula is C16H17ClN2OS. The lowest BCUT2D eigenvalue weighted by molar-refractivity contribution is -0.121. The van der Waals surface area contributed by atoms with Gasteiger partial charge in [0.15, 0.2) is 0 Å². The van der Waals surface area contributed by atoms with Gasteiger partial charge < -0.3 is 5.32 Å². The van der Waals surface area contributed by atoms with E-state index in [1.165, 1.54) is 12.8 Å². The third kappa shape index (κ3) is 3.83. The van der Waals surface area contributed by atoms with E-state index in [1.54, 1.807) is 11.3 Å². The smallest absolute Gasteiger partial charge is 0.226 e. The first-order chi connectivity index (χ1) is 10.2. The van der Waals surface area contributed by atoms with Crippen LogP contribution in [0.25, 0.3) is 10.6 Å². The van der Waals surface area contributed by atoms with Crippen LogP contribution in [0.4, 0.5) is 0 Å². The van der Waals surface area contributed by atoms with E-state index in [4.69, 9.17) is 11.6 Å². The minimum atomic E-state index is 0.0786. The number of rotatable bonds is 4. The topological polar surface area (TPSA) is 42.0 Å². The van der Waals surface area contributed by atoms with Crippen molar-refractivity contribution >= 4 is 28.8 Å². The molecule has 1 amide bonds. The first-order valence-corrected chi connectivity index (χ1v) is 8.46. The second-order valence-electron chi connectivity index (χ2n) is 5.38. The third-order valence-corrected chi connectivity index (χ3v) is 4.90.